The fourth-order valence-corrected chi connectivity index (χ4v) is 2.64. The number of hydrogen-bond donors (Lipinski definition) is 1. The van der Waals surface area contributed by atoms with Crippen molar-refractivity contribution in [2.24, 2.45) is 0 Å². The molecule has 0 saturated carbocycles. The normalized spacial score (nSPS) is 11.2. The zero-order valence-electron chi connectivity index (χ0n) is 12.1. The van der Waals surface area contributed by atoms with Crippen LogP contribution in [0.1, 0.15) is 20.8 Å². The molecule has 0 fully saturated rings. The van der Waals surface area contributed by atoms with E-state index in [-0.39, 0.29) is 10.7 Å². The second-order valence-electron chi connectivity index (χ2n) is 4.99. The SMILES string of the molecule is COc1cccc(SC)c1NC(=O)CSC(C)(C)C. The Balaban J connectivity index is 2.78. The molecule has 5 heteroatoms. The fourth-order valence-electron chi connectivity index (χ4n) is 1.43. The lowest BCUT2D eigenvalue weighted by Crippen LogP contribution is -2.19. The van der Waals surface area contributed by atoms with Crippen LogP contribution in [-0.4, -0.2) is 29.8 Å². The minimum absolute atomic E-state index is 0.000255. The molecule has 3 nitrogen and oxygen atoms in total. The van der Waals surface area contributed by atoms with Gasteiger partial charge < -0.3 is 10.1 Å². The van der Waals surface area contributed by atoms with E-state index in [1.54, 1.807) is 30.6 Å². The molecule has 0 radical (unpaired) electrons. The number of carbonyl (C=O) groups excluding carboxylic acids is 1. The largest absolute Gasteiger partial charge is 0.495 e. The highest BCUT2D eigenvalue weighted by atomic mass is 32.2. The average Bonchev–Trinajstić information content (AvgIpc) is 2.35. The predicted octanol–water partition coefficient (Wildman–Crippen LogP) is 3.89. The van der Waals surface area contributed by atoms with Crippen LogP contribution in [0.2, 0.25) is 0 Å². The lowest BCUT2D eigenvalue weighted by atomic mass is 10.3. The lowest BCUT2D eigenvalue weighted by Gasteiger charge is -2.18. The maximum absolute atomic E-state index is 12.0. The summed E-state index contributed by atoms with van der Waals surface area (Å²) < 4.78 is 5.38. The number of benzene rings is 1. The molecular formula is C14H21NO2S2. The van der Waals surface area contributed by atoms with Gasteiger partial charge in [-0.15, -0.1) is 23.5 Å². The van der Waals surface area contributed by atoms with Gasteiger partial charge in [0.1, 0.15) is 5.75 Å². The Morgan fingerprint density at radius 1 is 1.37 bits per heavy atom. The van der Waals surface area contributed by atoms with Crippen LogP contribution in [0.15, 0.2) is 23.1 Å². The highest BCUT2D eigenvalue weighted by Gasteiger charge is 2.16. The molecule has 0 aliphatic heterocycles. The van der Waals surface area contributed by atoms with Gasteiger partial charge in [-0.05, 0) is 18.4 Å². The maximum Gasteiger partial charge on any atom is 0.234 e. The number of hydrogen-bond acceptors (Lipinski definition) is 4. The number of amides is 1. The lowest BCUT2D eigenvalue weighted by molar-refractivity contribution is -0.113. The number of rotatable bonds is 5. The summed E-state index contributed by atoms with van der Waals surface area (Å²) in [6, 6.07) is 5.75. The summed E-state index contributed by atoms with van der Waals surface area (Å²) in [5.41, 5.74) is 0.761. The quantitative estimate of drug-likeness (QED) is 0.837. The first-order chi connectivity index (χ1) is 8.87. The van der Waals surface area contributed by atoms with Crippen molar-refractivity contribution in [2.75, 3.05) is 24.4 Å². The smallest absolute Gasteiger partial charge is 0.234 e. The van der Waals surface area contributed by atoms with Crippen LogP contribution in [0, 0.1) is 0 Å². The van der Waals surface area contributed by atoms with E-state index in [1.165, 1.54) is 0 Å². The van der Waals surface area contributed by atoms with Crippen LogP contribution in [0.3, 0.4) is 0 Å². The predicted molar refractivity (Wildman–Crippen MR) is 85.6 cm³/mol. The Bertz CT molecular complexity index is 419. The van der Waals surface area contributed by atoms with Gasteiger partial charge in [0.25, 0.3) is 0 Å². The first kappa shape index (κ1) is 16.2. The Hall–Kier alpha value is -0.810. The first-order valence-electron chi connectivity index (χ1n) is 6.02. The van der Waals surface area contributed by atoms with E-state index in [1.807, 2.05) is 24.5 Å². The van der Waals surface area contributed by atoms with E-state index in [0.717, 1.165) is 10.6 Å². The van der Waals surface area contributed by atoms with Crippen LogP contribution in [-0.2, 0) is 4.79 Å². The number of nitrogens with one attached hydrogen (secondary N) is 1. The molecule has 0 bridgehead atoms. The van der Waals surface area contributed by atoms with E-state index in [2.05, 4.69) is 26.1 Å². The van der Waals surface area contributed by atoms with Crippen LogP contribution >= 0.6 is 23.5 Å². The minimum Gasteiger partial charge on any atom is -0.495 e. The summed E-state index contributed by atoms with van der Waals surface area (Å²) in [5, 5.41) is 2.95. The summed E-state index contributed by atoms with van der Waals surface area (Å²) >= 11 is 3.22. The van der Waals surface area contributed by atoms with E-state index >= 15 is 0 Å². The Morgan fingerprint density at radius 3 is 2.58 bits per heavy atom. The average molecular weight is 299 g/mol. The van der Waals surface area contributed by atoms with Gasteiger partial charge in [-0.1, -0.05) is 26.8 Å². The number of thioether (sulfide) groups is 2. The van der Waals surface area contributed by atoms with Gasteiger partial charge in [0.2, 0.25) is 5.91 Å². The molecule has 0 heterocycles. The molecule has 1 aromatic rings. The van der Waals surface area contributed by atoms with Gasteiger partial charge in [0, 0.05) is 9.64 Å². The topological polar surface area (TPSA) is 38.3 Å². The first-order valence-corrected chi connectivity index (χ1v) is 8.23. The standard InChI is InChI=1S/C14H21NO2S2/c1-14(2,3)19-9-12(16)15-13-10(17-4)7-6-8-11(13)18-5/h6-8H,9H2,1-5H3,(H,15,16). The summed E-state index contributed by atoms with van der Waals surface area (Å²) in [6.45, 7) is 6.30. The zero-order chi connectivity index (χ0) is 14.5. The Morgan fingerprint density at radius 2 is 2.05 bits per heavy atom. The summed E-state index contributed by atoms with van der Waals surface area (Å²) in [7, 11) is 1.61. The van der Waals surface area contributed by atoms with Gasteiger partial charge in [-0.2, -0.15) is 0 Å². The van der Waals surface area contributed by atoms with Crippen molar-refractivity contribution in [3.05, 3.63) is 18.2 Å². The van der Waals surface area contributed by atoms with E-state index < -0.39 is 0 Å². The number of methoxy groups -OCH3 is 1. The minimum atomic E-state index is -0.000255. The van der Waals surface area contributed by atoms with Crippen LogP contribution < -0.4 is 10.1 Å². The molecule has 0 unspecified atom stereocenters. The van der Waals surface area contributed by atoms with Gasteiger partial charge in [-0.25, -0.2) is 0 Å². The van der Waals surface area contributed by atoms with E-state index in [4.69, 9.17) is 4.74 Å². The molecule has 1 rings (SSSR count). The van der Waals surface area contributed by atoms with Crippen molar-refractivity contribution >= 4 is 35.1 Å². The molecule has 0 aliphatic carbocycles. The van der Waals surface area contributed by atoms with Crippen molar-refractivity contribution in [2.45, 2.75) is 30.4 Å². The van der Waals surface area contributed by atoms with Crippen LogP contribution in [0.5, 0.6) is 5.75 Å². The fraction of sp³-hybridized carbons (Fsp3) is 0.500. The molecule has 0 aliphatic rings. The number of para-hydroxylation sites is 1. The number of ether oxygens (including phenoxy) is 1. The monoisotopic (exact) mass is 299 g/mol. The molecule has 1 amide bonds. The molecule has 0 aromatic heterocycles. The van der Waals surface area contributed by atoms with Gasteiger partial charge in [0.05, 0.1) is 18.6 Å². The Kier molecular flexibility index (Phi) is 6.07. The second-order valence-corrected chi connectivity index (χ2v) is 7.64. The molecule has 106 valence electrons. The summed E-state index contributed by atoms with van der Waals surface area (Å²) in [6.07, 6.45) is 1.98. The molecule has 0 saturated heterocycles. The van der Waals surface area contributed by atoms with E-state index in [9.17, 15) is 4.79 Å². The molecule has 0 atom stereocenters. The molecular weight excluding hydrogens is 278 g/mol. The van der Waals surface area contributed by atoms with Crippen molar-refractivity contribution in [3.63, 3.8) is 0 Å². The molecule has 0 spiro atoms. The molecule has 1 N–H and O–H groups in total. The van der Waals surface area contributed by atoms with Crippen molar-refractivity contribution in [1.82, 2.24) is 0 Å². The van der Waals surface area contributed by atoms with Crippen LogP contribution in [0.4, 0.5) is 5.69 Å². The third kappa shape index (κ3) is 5.37. The Labute approximate surface area is 123 Å². The van der Waals surface area contributed by atoms with Crippen molar-refractivity contribution in [1.29, 1.82) is 0 Å². The van der Waals surface area contributed by atoms with Crippen molar-refractivity contribution < 1.29 is 9.53 Å². The van der Waals surface area contributed by atoms with Crippen molar-refractivity contribution in [3.8, 4) is 5.75 Å². The third-order valence-corrected chi connectivity index (χ3v) is 4.38. The van der Waals surface area contributed by atoms with Crippen LogP contribution in [0.25, 0.3) is 0 Å². The van der Waals surface area contributed by atoms with Gasteiger partial charge >= 0.3 is 0 Å². The number of carbonyl (C=O) groups is 1. The third-order valence-electron chi connectivity index (χ3n) is 2.33. The summed E-state index contributed by atoms with van der Waals surface area (Å²) in [5.74, 6) is 1.13. The maximum atomic E-state index is 12.0. The van der Waals surface area contributed by atoms with Gasteiger partial charge in [0.15, 0.2) is 0 Å². The summed E-state index contributed by atoms with van der Waals surface area (Å²) in [4.78, 5) is 13.0. The van der Waals surface area contributed by atoms with Gasteiger partial charge in [-0.3, -0.25) is 4.79 Å². The molecule has 1 aromatic carbocycles. The zero-order valence-corrected chi connectivity index (χ0v) is 13.7. The van der Waals surface area contributed by atoms with E-state index in [0.29, 0.717) is 11.5 Å². The highest BCUT2D eigenvalue weighted by molar-refractivity contribution is 8.01. The number of anilines is 1. The highest BCUT2D eigenvalue weighted by Crippen LogP contribution is 2.34. The molecule has 19 heavy (non-hydrogen) atoms. The second kappa shape index (κ2) is 7.10.